The third-order valence-electron chi connectivity index (χ3n) is 0.982. The van der Waals surface area contributed by atoms with Crippen LogP contribution in [0.4, 0.5) is 0 Å². The van der Waals surface area contributed by atoms with Gasteiger partial charge >= 0.3 is 30.0 Å². The molecule has 0 saturated heterocycles. The fourth-order valence-corrected chi connectivity index (χ4v) is 0.636. The van der Waals surface area contributed by atoms with Gasteiger partial charge in [0.15, 0.2) is 0 Å². The van der Waals surface area contributed by atoms with E-state index < -0.39 is 0 Å². The van der Waals surface area contributed by atoms with Gasteiger partial charge in [0.2, 0.25) is 0 Å². The van der Waals surface area contributed by atoms with E-state index in [-0.39, 0.29) is 0 Å². The zero-order valence-corrected chi connectivity index (χ0v) is 11.4. The van der Waals surface area contributed by atoms with Crippen LogP contribution in [0.15, 0.2) is 18.2 Å². The molecule has 56 valence electrons. The topological polar surface area (TPSA) is 9.23 Å². The average Bonchev–Trinajstić information content (AvgIpc) is 2.10. The molecule has 11 heavy (non-hydrogen) atoms. The molecule has 0 atom stereocenters. The molecule has 0 aliphatic heterocycles. The van der Waals surface area contributed by atoms with Crippen molar-refractivity contribution >= 4 is 25.2 Å². The number of hydrogen-bond acceptors (Lipinski definition) is 1. The summed E-state index contributed by atoms with van der Waals surface area (Å²) in [6.45, 7) is 0. The molecule has 0 aliphatic rings. The minimum atomic E-state index is 0.607. The van der Waals surface area contributed by atoms with Crippen molar-refractivity contribution in [2.75, 3.05) is 7.11 Å². The molecule has 0 spiro atoms. The molecular weight excluding hydrogens is 281 g/mol. The first-order valence-electron chi connectivity index (χ1n) is 2.81. The van der Waals surface area contributed by atoms with Crippen molar-refractivity contribution in [3.05, 3.63) is 29.3 Å². The van der Waals surface area contributed by atoms with Gasteiger partial charge in [-0.1, -0.05) is 5.02 Å². The van der Waals surface area contributed by atoms with E-state index >= 15 is 0 Å². The Morgan fingerprint density at radius 3 is 2.55 bits per heavy atom. The van der Waals surface area contributed by atoms with Crippen LogP contribution in [0.25, 0.3) is 0 Å². The maximum atomic E-state index is 5.56. The Hall–Kier alpha value is 0.413. The summed E-state index contributed by atoms with van der Waals surface area (Å²) in [5, 5.41) is 0.607. The predicted molar refractivity (Wildman–Crippen MR) is 45.8 cm³/mol. The van der Waals surface area contributed by atoms with Crippen molar-refractivity contribution in [3.8, 4) is 5.75 Å². The van der Waals surface area contributed by atoms with Crippen molar-refractivity contribution in [1.82, 2.24) is 0 Å². The number of benzene rings is 1. The quantitative estimate of drug-likeness (QED) is 0.570. The molecular formula is C7H6BrClOZn. The van der Waals surface area contributed by atoms with Crippen LogP contribution >= 0.6 is 25.2 Å². The zero-order valence-electron chi connectivity index (χ0n) is 6.10. The molecule has 0 radical (unpaired) electrons. The normalized spacial score (nSPS) is 8.09. The van der Waals surface area contributed by atoms with Gasteiger partial charge in [0, 0.05) is 5.75 Å². The van der Waals surface area contributed by atoms with Gasteiger partial charge < -0.3 is 4.74 Å². The van der Waals surface area contributed by atoms with E-state index in [1.165, 1.54) is 16.3 Å². The molecule has 0 amide bonds. The summed E-state index contributed by atoms with van der Waals surface area (Å²) >= 11 is 9.81. The van der Waals surface area contributed by atoms with E-state index in [4.69, 9.17) is 16.3 Å². The number of rotatable bonds is 1. The van der Waals surface area contributed by atoms with E-state index in [1.54, 1.807) is 25.3 Å². The van der Waals surface area contributed by atoms with Gasteiger partial charge in [0.05, 0.1) is 7.11 Å². The Labute approximate surface area is 88.1 Å². The molecule has 0 fully saturated rings. The molecule has 1 rings (SSSR count). The fourth-order valence-electron chi connectivity index (χ4n) is 0.519. The Kier molecular flexibility index (Phi) is 7.35. The Bertz CT molecular complexity index is 190. The van der Waals surface area contributed by atoms with Crippen LogP contribution in [-0.4, -0.2) is 7.11 Å². The van der Waals surface area contributed by atoms with Crippen molar-refractivity contribution in [2.45, 2.75) is 0 Å². The number of hydrogen-bond donors (Lipinski definition) is 0. The predicted octanol–water partition coefficient (Wildman–Crippen LogP) is 2.99. The van der Waals surface area contributed by atoms with E-state index in [0.717, 1.165) is 5.75 Å². The van der Waals surface area contributed by atoms with Crippen LogP contribution in [0.5, 0.6) is 5.75 Å². The van der Waals surface area contributed by atoms with Crippen LogP contribution in [-0.2, 0) is 16.3 Å². The second-order valence-electron chi connectivity index (χ2n) is 1.58. The SMILES string of the molecule is COc1c[c-]c(Cl)cc1.[Zn+][Br]. The summed E-state index contributed by atoms with van der Waals surface area (Å²) in [4.78, 5) is 0. The van der Waals surface area contributed by atoms with Crippen molar-refractivity contribution < 1.29 is 21.1 Å². The van der Waals surface area contributed by atoms with Crippen molar-refractivity contribution in [1.29, 1.82) is 0 Å². The van der Waals surface area contributed by atoms with Crippen LogP contribution < -0.4 is 4.74 Å². The summed E-state index contributed by atoms with van der Waals surface area (Å²) in [7, 11) is 1.61. The van der Waals surface area contributed by atoms with E-state index in [0.29, 0.717) is 5.02 Å². The molecule has 0 aromatic heterocycles. The van der Waals surface area contributed by atoms with Gasteiger partial charge in [-0.3, -0.25) is 0 Å². The van der Waals surface area contributed by atoms with Gasteiger partial charge in [0.25, 0.3) is 0 Å². The first-order valence-corrected chi connectivity index (χ1v) is 10.1. The van der Waals surface area contributed by atoms with E-state index in [2.05, 4.69) is 19.7 Å². The van der Waals surface area contributed by atoms with Gasteiger partial charge in [-0.2, -0.15) is 6.07 Å². The van der Waals surface area contributed by atoms with Gasteiger partial charge in [-0.05, 0) is 0 Å². The Morgan fingerprint density at radius 2 is 2.18 bits per heavy atom. The van der Waals surface area contributed by atoms with Crippen LogP contribution in [0.2, 0.25) is 5.02 Å². The zero-order chi connectivity index (χ0) is 8.69. The standard InChI is InChI=1S/C7H6ClO.BrH.Zn/c1-9-7-4-2-6(8)3-5-7;;/h2,4-5H,1H3;1H;/q-1;;+2/p-1. The number of methoxy groups -OCH3 is 1. The summed E-state index contributed by atoms with van der Waals surface area (Å²) in [5.41, 5.74) is 0. The van der Waals surface area contributed by atoms with E-state index in [1.807, 2.05) is 0 Å². The molecule has 1 aromatic rings. The third-order valence-corrected chi connectivity index (χ3v) is 1.22. The monoisotopic (exact) mass is 284 g/mol. The molecule has 0 saturated carbocycles. The van der Waals surface area contributed by atoms with Crippen LogP contribution in [0, 0.1) is 6.07 Å². The van der Waals surface area contributed by atoms with Crippen molar-refractivity contribution in [2.24, 2.45) is 0 Å². The Balaban J connectivity index is 0.000000461. The first-order chi connectivity index (χ1) is 5.33. The number of halogens is 2. The van der Waals surface area contributed by atoms with Gasteiger partial charge in [-0.25, -0.2) is 0 Å². The molecule has 1 nitrogen and oxygen atoms in total. The Morgan fingerprint density at radius 1 is 1.55 bits per heavy atom. The molecule has 0 N–H and O–H groups in total. The minimum absolute atomic E-state index is 0.607. The summed E-state index contributed by atoms with van der Waals surface area (Å²) in [6.07, 6.45) is 0. The fraction of sp³-hybridized carbons (Fsp3) is 0.143. The average molecular weight is 287 g/mol. The molecule has 0 aliphatic carbocycles. The van der Waals surface area contributed by atoms with Gasteiger partial charge in [-0.15, -0.1) is 29.8 Å². The van der Waals surface area contributed by atoms with Crippen molar-refractivity contribution in [3.63, 3.8) is 0 Å². The molecule has 0 bridgehead atoms. The molecule has 1 aromatic carbocycles. The second-order valence-corrected chi connectivity index (χ2v) is 1.98. The molecule has 4 heteroatoms. The first kappa shape index (κ1) is 11.4. The maximum absolute atomic E-state index is 5.56. The van der Waals surface area contributed by atoms with Crippen LogP contribution in [0.1, 0.15) is 0 Å². The summed E-state index contributed by atoms with van der Waals surface area (Å²) in [5.74, 6) is 0.777. The third kappa shape index (κ3) is 4.78. The summed E-state index contributed by atoms with van der Waals surface area (Å²) in [6, 6.07) is 8.01. The number of ether oxygens (including phenoxy) is 1. The summed E-state index contributed by atoms with van der Waals surface area (Å²) < 4.78 is 4.88. The van der Waals surface area contributed by atoms with Crippen LogP contribution in [0.3, 0.4) is 0 Å². The van der Waals surface area contributed by atoms with E-state index in [9.17, 15) is 0 Å². The molecule has 0 heterocycles. The second kappa shape index (κ2) is 7.08. The molecule has 0 unspecified atom stereocenters. The van der Waals surface area contributed by atoms with Gasteiger partial charge in [0.1, 0.15) is 0 Å².